The SMILES string of the molecule is CCN(CC)c1ccc(Nc2cnc(C(=O)NCCCN(C)C)cn2)cc1. The van der Waals surface area contributed by atoms with Gasteiger partial charge in [0.05, 0.1) is 12.4 Å². The first kappa shape index (κ1) is 20.6. The van der Waals surface area contributed by atoms with Gasteiger partial charge in [0.15, 0.2) is 0 Å². The van der Waals surface area contributed by atoms with Crippen LogP contribution in [0.2, 0.25) is 0 Å². The van der Waals surface area contributed by atoms with Gasteiger partial charge >= 0.3 is 0 Å². The Morgan fingerprint density at radius 3 is 2.30 bits per heavy atom. The Bertz CT molecular complexity index is 695. The molecule has 27 heavy (non-hydrogen) atoms. The lowest BCUT2D eigenvalue weighted by atomic mass is 10.2. The molecule has 2 rings (SSSR count). The molecular formula is C20H30N6O. The minimum absolute atomic E-state index is 0.198. The number of rotatable bonds is 10. The molecular weight excluding hydrogens is 340 g/mol. The third-order valence-corrected chi connectivity index (χ3v) is 4.22. The van der Waals surface area contributed by atoms with E-state index in [0.717, 1.165) is 31.7 Å². The largest absolute Gasteiger partial charge is 0.372 e. The highest BCUT2D eigenvalue weighted by atomic mass is 16.1. The Balaban J connectivity index is 1.88. The molecule has 0 fully saturated rings. The van der Waals surface area contributed by atoms with Gasteiger partial charge in [0.2, 0.25) is 0 Å². The van der Waals surface area contributed by atoms with E-state index < -0.39 is 0 Å². The Morgan fingerprint density at radius 2 is 1.74 bits per heavy atom. The molecule has 0 spiro atoms. The monoisotopic (exact) mass is 370 g/mol. The molecule has 0 aliphatic rings. The molecule has 146 valence electrons. The van der Waals surface area contributed by atoms with Crippen molar-refractivity contribution in [1.29, 1.82) is 0 Å². The van der Waals surface area contributed by atoms with Gasteiger partial charge in [-0.3, -0.25) is 4.79 Å². The highest BCUT2D eigenvalue weighted by Crippen LogP contribution is 2.20. The van der Waals surface area contributed by atoms with Crippen molar-refractivity contribution in [2.24, 2.45) is 0 Å². The van der Waals surface area contributed by atoms with Crippen LogP contribution in [0.4, 0.5) is 17.2 Å². The molecule has 0 radical (unpaired) electrons. The average Bonchev–Trinajstić information content (AvgIpc) is 2.68. The van der Waals surface area contributed by atoms with E-state index in [1.165, 1.54) is 11.9 Å². The van der Waals surface area contributed by atoms with E-state index in [2.05, 4.69) is 56.4 Å². The number of nitrogens with one attached hydrogen (secondary N) is 2. The zero-order chi connectivity index (χ0) is 19.6. The van der Waals surface area contributed by atoms with Gasteiger partial charge in [-0.2, -0.15) is 0 Å². The van der Waals surface area contributed by atoms with Crippen molar-refractivity contribution in [3.05, 3.63) is 42.4 Å². The van der Waals surface area contributed by atoms with Gasteiger partial charge in [-0.25, -0.2) is 9.97 Å². The van der Waals surface area contributed by atoms with Gasteiger partial charge in [0.1, 0.15) is 11.5 Å². The molecule has 1 aromatic carbocycles. The number of hydrogen-bond acceptors (Lipinski definition) is 6. The molecule has 2 aromatic rings. The summed E-state index contributed by atoms with van der Waals surface area (Å²) in [5, 5.41) is 6.07. The van der Waals surface area contributed by atoms with Crippen molar-refractivity contribution in [2.45, 2.75) is 20.3 Å². The van der Waals surface area contributed by atoms with Crippen LogP contribution in [0, 0.1) is 0 Å². The number of amides is 1. The standard InChI is InChI=1S/C20H30N6O/c1-5-26(6-2)17-10-8-16(9-11-17)24-19-15-22-18(14-23-19)20(27)21-12-7-13-25(3)4/h8-11,14-15H,5-7,12-13H2,1-4H3,(H,21,27)(H,23,24). The molecule has 0 aliphatic carbocycles. The van der Waals surface area contributed by atoms with Crippen LogP contribution in [0.5, 0.6) is 0 Å². The number of carbonyl (C=O) groups excluding carboxylic acids is 1. The molecule has 0 saturated heterocycles. The summed E-state index contributed by atoms with van der Waals surface area (Å²) in [7, 11) is 4.02. The first-order valence-corrected chi connectivity index (χ1v) is 9.40. The van der Waals surface area contributed by atoms with Crippen molar-refractivity contribution < 1.29 is 4.79 Å². The molecule has 7 heteroatoms. The first-order valence-electron chi connectivity index (χ1n) is 9.40. The minimum Gasteiger partial charge on any atom is -0.372 e. The molecule has 7 nitrogen and oxygen atoms in total. The number of nitrogens with zero attached hydrogens (tertiary/aromatic N) is 4. The van der Waals surface area contributed by atoms with E-state index in [9.17, 15) is 4.79 Å². The normalized spacial score (nSPS) is 10.7. The number of carbonyl (C=O) groups is 1. The number of hydrogen-bond donors (Lipinski definition) is 2. The third-order valence-electron chi connectivity index (χ3n) is 4.22. The summed E-state index contributed by atoms with van der Waals surface area (Å²) in [6.07, 6.45) is 3.97. The van der Waals surface area contributed by atoms with Crippen molar-refractivity contribution >= 4 is 23.1 Å². The maximum atomic E-state index is 12.1. The van der Waals surface area contributed by atoms with Gasteiger partial charge in [-0.05, 0) is 65.2 Å². The summed E-state index contributed by atoms with van der Waals surface area (Å²) in [6, 6.07) is 8.19. The fourth-order valence-electron chi connectivity index (χ4n) is 2.69. The van der Waals surface area contributed by atoms with Crippen LogP contribution in [0.25, 0.3) is 0 Å². The Kier molecular flexibility index (Phi) is 8.00. The predicted octanol–water partition coefficient (Wildman–Crippen LogP) is 2.75. The second-order valence-corrected chi connectivity index (χ2v) is 6.54. The summed E-state index contributed by atoms with van der Waals surface area (Å²) in [5.74, 6) is 0.408. The summed E-state index contributed by atoms with van der Waals surface area (Å²) in [6.45, 7) is 7.80. The van der Waals surface area contributed by atoms with Crippen LogP contribution in [0.1, 0.15) is 30.8 Å². The topological polar surface area (TPSA) is 73.4 Å². The second-order valence-electron chi connectivity index (χ2n) is 6.54. The summed E-state index contributed by atoms with van der Waals surface area (Å²) in [4.78, 5) is 24.9. The van der Waals surface area contributed by atoms with E-state index in [-0.39, 0.29) is 5.91 Å². The molecule has 1 amide bonds. The van der Waals surface area contributed by atoms with E-state index in [0.29, 0.717) is 18.1 Å². The summed E-state index contributed by atoms with van der Waals surface area (Å²) >= 11 is 0. The van der Waals surface area contributed by atoms with E-state index in [1.807, 2.05) is 26.2 Å². The van der Waals surface area contributed by atoms with Crippen LogP contribution in [0.3, 0.4) is 0 Å². The van der Waals surface area contributed by atoms with Crippen LogP contribution in [-0.2, 0) is 0 Å². The number of benzene rings is 1. The first-order chi connectivity index (χ1) is 13.0. The lowest BCUT2D eigenvalue weighted by Gasteiger charge is -2.21. The van der Waals surface area contributed by atoms with E-state index in [1.54, 1.807) is 6.20 Å². The van der Waals surface area contributed by atoms with Crippen molar-refractivity contribution in [3.63, 3.8) is 0 Å². The van der Waals surface area contributed by atoms with Crippen molar-refractivity contribution in [3.8, 4) is 0 Å². The quantitative estimate of drug-likeness (QED) is 0.627. The highest BCUT2D eigenvalue weighted by molar-refractivity contribution is 5.92. The van der Waals surface area contributed by atoms with Gasteiger partial charge in [-0.15, -0.1) is 0 Å². The van der Waals surface area contributed by atoms with Gasteiger partial charge in [0.25, 0.3) is 5.91 Å². The summed E-state index contributed by atoms with van der Waals surface area (Å²) < 4.78 is 0. The maximum absolute atomic E-state index is 12.1. The van der Waals surface area contributed by atoms with Crippen LogP contribution >= 0.6 is 0 Å². The Morgan fingerprint density at radius 1 is 1.04 bits per heavy atom. The smallest absolute Gasteiger partial charge is 0.271 e. The molecule has 0 atom stereocenters. The van der Waals surface area contributed by atoms with Crippen molar-refractivity contribution in [1.82, 2.24) is 20.2 Å². The predicted molar refractivity (Wildman–Crippen MR) is 111 cm³/mol. The molecule has 0 unspecified atom stereocenters. The average molecular weight is 371 g/mol. The van der Waals surface area contributed by atoms with Crippen molar-refractivity contribution in [2.75, 3.05) is 50.5 Å². The second kappa shape index (κ2) is 10.5. The lowest BCUT2D eigenvalue weighted by Crippen LogP contribution is -2.27. The van der Waals surface area contributed by atoms with E-state index >= 15 is 0 Å². The minimum atomic E-state index is -0.198. The van der Waals surface area contributed by atoms with Crippen LogP contribution in [0.15, 0.2) is 36.7 Å². The molecule has 0 saturated carbocycles. The summed E-state index contributed by atoms with van der Waals surface area (Å²) in [5.41, 5.74) is 2.45. The number of anilines is 3. The fourth-order valence-corrected chi connectivity index (χ4v) is 2.69. The van der Waals surface area contributed by atoms with Gasteiger partial charge in [-0.1, -0.05) is 0 Å². The zero-order valence-electron chi connectivity index (χ0n) is 16.7. The number of aromatic nitrogens is 2. The molecule has 1 aromatic heterocycles. The third kappa shape index (κ3) is 6.53. The highest BCUT2D eigenvalue weighted by Gasteiger charge is 2.08. The fraction of sp³-hybridized carbons (Fsp3) is 0.450. The molecule has 2 N–H and O–H groups in total. The maximum Gasteiger partial charge on any atom is 0.271 e. The van der Waals surface area contributed by atoms with Crippen LogP contribution < -0.4 is 15.5 Å². The Labute approximate surface area is 161 Å². The van der Waals surface area contributed by atoms with Crippen LogP contribution in [-0.4, -0.2) is 61.0 Å². The molecule has 1 heterocycles. The zero-order valence-corrected chi connectivity index (χ0v) is 16.7. The van der Waals surface area contributed by atoms with E-state index in [4.69, 9.17) is 0 Å². The lowest BCUT2D eigenvalue weighted by molar-refractivity contribution is 0.0947. The Hall–Kier alpha value is -2.67. The van der Waals surface area contributed by atoms with Gasteiger partial charge in [0, 0.05) is 31.0 Å². The molecule has 0 bridgehead atoms. The molecule has 0 aliphatic heterocycles. The van der Waals surface area contributed by atoms with Gasteiger partial charge < -0.3 is 20.4 Å².